The maximum atomic E-state index is 13.2. The number of benzene rings is 2. The SMILES string of the molecule is Cc1cc(C)c2nc(N(CCCN(C)C)C(=O)CS(=O)(=O)c3ccc(F)cc3)sc2c1.Cl. The lowest BCUT2D eigenvalue weighted by atomic mass is 10.1. The van der Waals surface area contributed by atoms with Crippen LogP contribution in [0.3, 0.4) is 0 Å². The summed E-state index contributed by atoms with van der Waals surface area (Å²) in [5.74, 6) is -1.78. The van der Waals surface area contributed by atoms with Crippen molar-refractivity contribution in [1.82, 2.24) is 9.88 Å². The minimum absolute atomic E-state index is 0. The summed E-state index contributed by atoms with van der Waals surface area (Å²) < 4.78 is 39.6. The molecule has 10 heteroatoms. The van der Waals surface area contributed by atoms with E-state index in [1.54, 1.807) is 0 Å². The first kappa shape index (κ1) is 26.2. The highest BCUT2D eigenvalue weighted by Gasteiger charge is 2.26. The van der Waals surface area contributed by atoms with Gasteiger partial charge in [0.25, 0.3) is 0 Å². The third kappa shape index (κ3) is 6.25. The number of amides is 1. The average molecular weight is 500 g/mol. The molecule has 0 radical (unpaired) electrons. The third-order valence-corrected chi connectivity index (χ3v) is 7.47. The lowest BCUT2D eigenvalue weighted by Crippen LogP contribution is -2.37. The summed E-state index contributed by atoms with van der Waals surface area (Å²) in [6.45, 7) is 5.07. The average Bonchev–Trinajstić information content (AvgIpc) is 3.08. The van der Waals surface area contributed by atoms with Crippen molar-refractivity contribution >= 4 is 54.8 Å². The van der Waals surface area contributed by atoms with Crippen LogP contribution in [0.2, 0.25) is 0 Å². The summed E-state index contributed by atoms with van der Waals surface area (Å²) in [6.07, 6.45) is 0.670. The fourth-order valence-corrected chi connectivity index (χ4v) is 5.70. The molecule has 0 fully saturated rings. The number of nitrogens with zero attached hydrogens (tertiary/aromatic N) is 3. The van der Waals surface area contributed by atoms with Crippen LogP contribution in [0.25, 0.3) is 10.2 Å². The van der Waals surface area contributed by atoms with Crippen LogP contribution in [0.1, 0.15) is 17.5 Å². The topological polar surface area (TPSA) is 70.6 Å². The van der Waals surface area contributed by atoms with Gasteiger partial charge in [0.2, 0.25) is 5.91 Å². The molecule has 1 amide bonds. The highest BCUT2D eigenvalue weighted by atomic mass is 35.5. The quantitative estimate of drug-likeness (QED) is 0.434. The minimum atomic E-state index is -3.91. The van der Waals surface area contributed by atoms with Gasteiger partial charge in [0, 0.05) is 6.54 Å². The van der Waals surface area contributed by atoms with Crippen LogP contribution >= 0.6 is 23.7 Å². The van der Waals surface area contributed by atoms with Gasteiger partial charge in [-0.25, -0.2) is 17.8 Å². The van der Waals surface area contributed by atoms with Crippen molar-refractivity contribution < 1.29 is 17.6 Å². The molecule has 2 aromatic carbocycles. The first-order valence-electron chi connectivity index (χ1n) is 9.88. The Morgan fingerprint density at radius 2 is 1.75 bits per heavy atom. The highest BCUT2D eigenvalue weighted by molar-refractivity contribution is 7.92. The molecule has 0 aliphatic carbocycles. The Labute approximate surface area is 198 Å². The van der Waals surface area contributed by atoms with Crippen LogP contribution in [0.4, 0.5) is 9.52 Å². The Morgan fingerprint density at radius 1 is 1.09 bits per heavy atom. The van der Waals surface area contributed by atoms with Crippen molar-refractivity contribution in [3.05, 3.63) is 53.3 Å². The normalized spacial score (nSPS) is 11.6. The predicted molar refractivity (Wildman–Crippen MR) is 130 cm³/mol. The summed E-state index contributed by atoms with van der Waals surface area (Å²) in [4.78, 5) is 21.2. The number of carbonyl (C=O) groups is 1. The van der Waals surface area contributed by atoms with E-state index in [2.05, 4.69) is 4.98 Å². The Kier molecular flexibility index (Phi) is 8.75. The van der Waals surface area contributed by atoms with Crippen molar-refractivity contribution in [3.8, 4) is 0 Å². The molecule has 32 heavy (non-hydrogen) atoms. The Balaban J connectivity index is 0.00000363. The highest BCUT2D eigenvalue weighted by Crippen LogP contribution is 2.32. The largest absolute Gasteiger partial charge is 0.309 e. The molecule has 1 heterocycles. The van der Waals surface area contributed by atoms with Crippen molar-refractivity contribution in [3.63, 3.8) is 0 Å². The van der Waals surface area contributed by atoms with Gasteiger partial charge in [-0.1, -0.05) is 17.4 Å². The van der Waals surface area contributed by atoms with Gasteiger partial charge in [-0.05, 0) is 82.4 Å². The van der Waals surface area contributed by atoms with E-state index in [1.807, 2.05) is 45.0 Å². The number of rotatable bonds is 8. The molecule has 3 aromatic rings. The van der Waals surface area contributed by atoms with Gasteiger partial charge in [0.05, 0.1) is 15.1 Å². The fourth-order valence-electron chi connectivity index (χ4n) is 3.31. The lowest BCUT2D eigenvalue weighted by molar-refractivity contribution is -0.116. The van der Waals surface area contributed by atoms with E-state index >= 15 is 0 Å². The fraction of sp³-hybridized carbons (Fsp3) is 0.364. The van der Waals surface area contributed by atoms with Crippen LogP contribution < -0.4 is 4.90 Å². The molecule has 0 atom stereocenters. The summed E-state index contributed by atoms with van der Waals surface area (Å²) in [7, 11) is -0.0281. The molecule has 0 saturated carbocycles. The van der Waals surface area contributed by atoms with E-state index in [0.717, 1.165) is 40.0 Å². The number of anilines is 1. The van der Waals surface area contributed by atoms with Crippen LogP contribution in [0.5, 0.6) is 0 Å². The van der Waals surface area contributed by atoms with Crippen molar-refractivity contribution in [2.45, 2.75) is 25.2 Å². The van der Waals surface area contributed by atoms with Crippen LogP contribution in [0.15, 0.2) is 41.3 Å². The van der Waals surface area contributed by atoms with Gasteiger partial charge in [0.1, 0.15) is 11.6 Å². The molecule has 0 spiro atoms. The van der Waals surface area contributed by atoms with Gasteiger partial charge < -0.3 is 4.90 Å². The standard InChI is InChI=1S/C22H26FN3O3S2.ClH/c1-15-12-16(2)21-19(13-15)30-22(24-21)26(11-5-10-25(3)4)20(27)14-31(28,29)18-8-6-17(23)7-9-18;/h6-9,12-13H,5,10-11,14H2,1-4H3;1H. The summed E-state index contributed by atoms with van der Waals surface area (Å²) >= 11 is 1.38. The molecule has 0 aliphatic heterocycles. The van der Waals surface area contributed by atoms with E-state index in [9.17, 15) is 17.6 Å². The smallest absolute Gasteiger partial charge is 0.244 e. The monoisotopic (exact) mass is 499 g/mol. The molecule has 1 aromatic heterocycles. The Morgan fingerprint density at radius 3 is 2.38 bits per heavy atom. The zero-order valence-electron chi connectivity index (χ0n) is 18.5. The molecule has 0 saturated heterocycles. The van der Waals surface area contributed by atoms with Crippen molar-refractivity contribution in [2.75, 3.05) is 37.8 Å². The Bertz CT molecular complexity index is 1200. The zero-order chi connectivity index (χ0) is 22.8. The van der Waals surface area contributed by atoms with Crippen LogP contribution in [-0.4, -0.2) is 57.1 Å². The van der Waals surface area contributed by atoms with E-state index in [0.29, 0.717) is 18.1 Å². The summed E-state index contributed by atoms with van der Waals surface area (Å²) in [6, 6.07) is 8.55. The molecule has 0 unspecified atom stereocenters. The van der Waals surface area contributed by atoms with E-state index < -0.39 is 27.3 Å². The maximum Gasteiger partial charge on any atom is 0.244 e. The van der Waals surface area contributed by atoms with Gasteiger partial charge in [-0.3, -0.25) is 9.69 Å². The van der Waals surface area contributed by atoms with E-state index in [1.165, 1.54) is 28.4 Å². The predicted octanol–water partition coefficient (Wildman–Crippen LogP) is 4.23. The Hall–Kier alpha value is -2.07. The van der Waals surface area contributed by atoms with Crippen molar-refractivity contribution in [1.29, 1.82) is 0 Å². The second-order valence-electron chi connectivity index (χ2n) is 7.84. The van der Waals surface area contributed by atoms with E-state index in [-0.39, 0.29) is 17.3 Å². The number of sulfone groups is 1. The second kappa shape index (κ2) is 10.7. The number of halogens is 2. The molecule has 0 N–H and O–H groups in total. The van der Waals surface area contributed by atoms with Crippen molar-refractivity contribution in [2.24, 2.45) is 0 Å². The number of aromatic nitrogens is 1. The number of carbonyl (C=O) groups excluding carboxylic acids is 1. The molecule has 6 nitrogen and oxygen atoms in total. The van der Waals surface area contributed by atoms with Gasteiger partial charge in [0.15, 0.2) is 15.0 Å². The van der Waals surface area contributed by atoms with Gasteiger partial charge in [-0.2, -0.15) is 0 Å². The number of hydrogen-bond acceptors (Lipinski definition) is 6. The minimum Gasteiger partial charge on any atom is -0.309 e. The van der Waals surface area contributed by atoms with E-state index in [4.69, 9.17) is 0 Å². The molecular weight excluding hydrogens is 473 g/mol. The number of aryl methyl sites for hydroxylation is 2. The second-order valence-corrected chi connectivity index (χ2v) is 10.8. The molecule has 174 valence electrons. The number of thiazole rings is 1. The summed E-state index contributed by atoms with van der Waals surface area (Å²) in [5, 5.41) is 0.488. The lowest BCUT2D eigenvalue weighted by Gasteiger charge is -2.21. The number of fused-ring (bicyclic) bond motifs is 1. The molecule has 0 bridgehead atoms. The first-order valence-corrected chi connectivity index (χ1v) is 12.3. The summed E-state index contributed by atoms with van der Waals surface area (Å²) in [5.41, 5.74) is 2.93. The van der Waals surface area contributed by atoms with Gasteiger partial charge >= 0.3 is 0 Å². The van der Waals surface area contributed by atoms with Crippen LogP contribution in [-0.2, 0) is 14.6 Å². The zero-order valence-corrected chi connectivity index (χ0v) is 20.9. The molecular formula is C22H27ClFN3O3S2. The molecule has 0 aliphatic rings. The van der Waals surface area contributed by atoms with Gasteiger partial charge in [-0.15, -0.1) is 12.4 Å². The maximum absolute atomic E-state index is 13.2. The third-order valence-electron chi connectivity index (χ3n) is 4.82. The van der Waals surface area contributed by atoms with Crippen LogP contribution in [0, 0.1) is 19.7 Å². The first-order chi connectivity index (χ1) is 14.6. The number of hydrogen-bond donors (Lipinski definition) is 0. The molecule has 3 rings (SSSR count).